The molecule has 56 valence electrons. The molecule has 0 aromatic carbocycles. The predicted molar refractivity (Wildman–Crippen MR) is 41.7 cm³/mol. The van der Waals surface area contributed by atoms with E-state index in [-0.39, 0.29) is 0 Å². The molecule has 0 saturated heterocycles. The SMILES string of the molecule is CC1CCC2CC3CCC123. The molecule has 10 heavy (non-hydrogen) atoms. The second-order valence-corrected chi connectivity index (χ2v) is 4.76. The van der Waals surface area contributed by atoms with Gasteiger partial charge in [-0.05, 0) is 55.3 Å². The molecule has 1 spiro atoms. The number of hydrogen-bond acceptors (Lipinski definition) is 0. The molecule has 0 heteroatoms. The number of hydrogen-bond donors (Lipinski definition) is 0. The first-order valence-corrected chi connectivity index (χ1v) is 4.84. The van der Waals surface area contributed by atoms with Gasteiger partial charge in [-0.2, -0.15) is 0 Å². The summed E-state index contributed by atoms with van der Waals surface area (Å²) < 4.78 is 0. The van der Waals surface area contributed by atoms with E-state index in [2.05, 4.69) is 6.92 Å². The summed E-state index contributed by atoms with van der Waals surface area (Å²) in [7, 11) is 0. The van der Waals surface area contributed by atoms with Gasteiger partial charge < -0.3 is 0 Å². The summed E-state index contributed by atoms with van der Waals surface area (Å²) in [4.78, 5) is 0. The molecular formula is C10H16. The van der Waals surface area contributed by atoms with E-state index in [0.29, 0.717) is 0 Å². The second-order valence-electron chi connectivity index (χ2n) is 4.76. The van der Waals surface area contributed by atoms with Crippen molar-refractivity contribution in [3.8, 4) is 0 Å². The Bertz CT molecular complexity index is 162. The van der Waals surface area contributed by atoms with Gasteiger partial charge in [0, 0.05) is 0 Å². The van der Waals surface area contributed by atoms with Gasteiger partial charge in [-0.3, -0.25) is 0 Å². The third-order valence-corrected chi connectivity index (χ3v) is 4.88. The van der Waals surface area contributed by atoms with Crippen LogP contribution < -0.4 is 0 Å². The summed E-state index contributed by atoms with van der Waals surface area (Å²) in [6, 6.07) is 0. The third kappa shape index (κ3) is 0.360. The lowest BCUT2D eigenvalue weighted by molar-refractivity contribution is -0.145. The number of rotatable bonds is 0. The predicted octanol–water partition coefficient (Wildman–Crippen LogP) is 2.83. The van der Waals surface area contributed by atoms with E-state index in [1.54, 1.807) is 32.1 Å². The first-order chi connectivity index (χ1) is 4.84. The highest BCUT2D eigenvalue weighted by Crippen LogP contribution is 2.73. The Hall–Kier alpha value is 0. The normalized spacial score (nSPS) is 63.9. The van der Waals surface area contributed by atoms with Crippen LogP contribution in [0.25, 0.3) is 0 Å². The molecule has 0 N–H and O–H groups in total. The monoisotopic (exact) mass is 136 g/mol. The molecule has 4 unspecified atom stereocenters. The summed E-state index contributed by atoms with van der Waals surface area (Å²) in [5, 5.41) is 0. The van der Waals surface area contributed by atoms with Gasteiger partial charge in [0.05, 0.1) is 0 Å². The van der Waals surface area contributed by atoms with E-state index in [1.165, 1.54) is 11.8 Å². The first kappa shape index (κ1) is 5.62. The van der Waals surface area contributed by atoms with Crippen LogP contribution in [0.1, 0.15) is 39.0 Å². The summed E-state index contributed by atoms with van der Waals surface area (Å²) in [6.45, 7) is 2.49. The van der Waals surface area contributed by atoms with E-state index in [9.17, 15) is 0 Å². The average Bonchev–Trinajstić information content (AvgIpc) is 2.20. The van der Waals surface area contributed by atoms with Crippen LogP contribution in [0.4, 0.5) is 0 Å². The maximum Gasteiger partial charge on any atom is -0.0215 e. The lowest BCUT2D eigenvalue weighted by Gasteiger charge is -2.64. The Morgan fingerprint density at radius 2 is 1.90 bits per heavy atom. The minimum atomic E-state index is 0.931. The van der Waals surface area contributed by atoms with Crippen molar-refractivity contribution < 1.29 is 0 Å². The Morgan fingerprint density at radius 3 is 2.30 bits per heavy atom. The van der Waals surface area contributed by atoms with Crippen molar-refractivity contribution in [2.45, 2.75) is 39.0 Å². The zero-order valence-corrected chi connectivity index (χ0v) is 6.77. The van der Waals surface area contributed by atoms with Crippen LogP contribution in [0.3, 0.4) is 0 Å². The molecule has 3 rings (SSSR count). The van der Waals surface area contributed by atoms with Crippen molar-refractivity contribution in [3.05, 3.63) is 0 Å². The molecule has 4 atom stereocenters. The molecule has 0 nitrogen and oxygen atoms in total. The molecule has 0 radical (unpaired) electrons. The molecular weight excluding hydrogens is 120 g/mol. The minimum absolute atomic E-state index is 0.931. The van der Waals surface area contributed by atoms with E-state index < -0.39 is 0 Å². The Labute approximate surface area is 63.0 Å². The molecule has 0 aromatic heterocycles. The van der Waals surface area contributed by atoms with Gasteiger partial charge >= 0.3 is 0 Å². The van der Waals surface area contributed by atoms with Gasteiger partial charge in [0.1, 0.15) is 0 Å². The van der Waals surface area contributed by atoms with Gasteiger partial charge in [0.2, 0.25) is 0 Å². The highest BCUT2D eigenvalue weighted by molar-refractivity contribution is 5.14. The van der Waals surface area contributed by atoms with Crippen molar-refractivity contribution >= 4 is 0 Å². The van der Waals surface area contributed by atoms with Gasteiger partial charge in [-0.1, -0.05) is 6.92 Å². The Balaban J connectivity index is 1.96. The second kappa shape index (κ2) is 1.44. The summed E-state index contributed by atoms with van der Waals surface area (Å²) in [5.41, 5.74) is 0.931. The van der Waals surface area contributed by atoms with Crippen LogP contribution in [0.5, 0.6) is 0 Å². The van der Waals surface area contributed by atoms with Gasteiger partial charge in [0.15, 0.2) is 0 Å². The van der Waals surface area contributed by atoms with Crippen LogP contribution in [0.15, 0.2) is 0 Å². The van der Waals surface area contributed by atoms with Gasteiger partial charge in [-0.15, -0.1) is 0 Å². The highest BCUT2D eigenvalue weighted by Gasteiger charge is 2.64. The zero-order valence-electron chi connectivity index (χ0n) is 6.77. The van der Waals surface area contributed by atoms with Gasteiger partial charge in [-0.25, -0.2) is 0 Å². The van der Waals surface area contributed by atoms with E-state index in [0.717, 1.165) is 11.3 Å². The molecule has 3 aliphatic rings. The maximum atomic E-state index is 2.49. The van der Waals surface area contributed by atoms with Crippen molar-refractivity contribution in [2.24, 2.45) is 23.2 Å². The minimum Gasteiger partial charge on any atom is -0.0620 e. The van der Waals surface area contributed by atoms with Crippen LogP contribution >= 0.6 is 0 Å². The Kier molecular flexibility index (Phi) is 0.810. The van der Waals surface area contributed by atoms with E-state index in [1.807, 2.05) is 0 Å². The lowest BCUT2D eigenvalue weighted by Crippen LogP contribution is -2.56. The lowest BCUT2D eigenvalue weighted by atomic mass is 9.41. The van der Waals surface area contributed by atoms with Gasteiger partial charge in [0.25, 0.3) is 0 Å². The van der Waals surface area contributed by atoms with Crippen molar-refractivity contribution in [2.75, 3.05) is 0 Å². The van der Waals surface area contributed by atoms with E-state index in [4.69, 9.17) is 0 Å². The molecule has 3 aliphatic carbocycles. The summed E-state index contributed by atoms with van der Waals surface area (Å²) in [5.74, 6) is 3.46. The maximum absolute atomic E-state index is 2.49. The molecule has 0 heterocycles. The zero-order chi connectivity index (χ0) is 6.77. The molecule has 0 aromatic rings. The molecule has 3 saturated carbocycles. The van der Waals surface area contributed by atoms with Crippen LogP contribution in [-0.4, -0.2) is 0 Å². The molecule has 0 aliphatic heterocycles. The van der Waals surface area contributed by atoms with Crippen molar-refractivity contribution in [1.82, 2.24) is 0 Å². The fourth-order valence-electron chi connectivity index (χ4n) is 4.12. The molecule has 0 amide bonds. The molecule has 0 bridgehead atoms. The summed E-state index contributed by atoms with van der Waals surface area (Å²) >= 11 is 0. The standard InChI is InChI=1S/C10H16/c1-7-2-3-8-6-9-4-5-10(7,8)9/h7-9H,2-6H2,1H3. The molecule has 3 fully saturated rings. The van der Waals surface area contributed by atoms with Crippen LogP contribution in [-0.2, 0) is 0 Å². The smallest absolute Gasteiger partial charge is 0.0215 e. The first-order valence-electron chi connectivity index (χ1n) is 4.84. The topological polar surface area (TPSA) is 0 Å². The third-order valence-electron chi connectivity index (χ3n) is 4.88. The Morgan fingerprint density at radius 1 is 1.10 bits per heavy atom. The van der Waals surface area contributed by atoms with E-state index >= 15 is 0 Å². The van der Waals surface area contributed by atoms with Crippen LogP contribution in [0, 0.1) is 23.2 Å². The quantitative estimate of drug-likeness (QED) is 0.480. The average molecular weight is 136 g/mol. The fourth-order valence-corrected chi connectivity index (χ4v) is 4.12. The largest absolute Gasteiger partial charge is 0.0620 e. The highest BCUT2D eigenvalue weighted by atomic mass is 14.7. The van der Waals surface area contributed by atoms with Crippen molar-refractivity contribution in [3.63, 3.8) is 0 Å². The summed E-state index contributed by atoms with van der Waals surface area (Å²) in [6.07, 6.45) is 7.87. The van der Waals surface area contributed by atoms with Crippen molar-refractivity contribution in [1.29, 1.82) is 0 Å². The fraction of sp³-hybridized carbons (Fsp3) is 1.00. The van der Waals surface area contributed by atoms with Crippen LogP contribution in [0.2, 0.25) is 0 Å².